The maximum atomic E-state index is 12.5. The Morgan fingerprint density at radius 1 is 1.30 bits per heavy atom. The van der Waals surface area contributed by atoms with Crippen LogP contribution in [0.25, 0.3) is 0 Å². The first-order valence-electron chi connectivity index (χ1n) is 8.80. The van der Waals surface area contributed by atoms with Gasteiger partial charge in [0.05, 0.1) is 36.6 Å². The van der Waals surface area contributed by atoms with Crippen molar-refractivity contribution in [2.75, 3.05) is 19.8 Å². The summed E-state index contributed by atoms with van der Waals surface area (Å²) >= 11 is 0. The van der Waals surface area contributed by atoms with Crippen LogP contribution in [0.4, 0.5) is 0 Å². The van der Waals surface area contributed by atoms with Crippen LogP contribution in [0.15, 0.2) is 10.9 Å². The van der Waals surface area contributed by atoms with Crippen LogP contribution >= 0.6 is 0 Å². The van der Waals surface area contributed by atoms with Crippen molar-refractivity contribution in [1.82, 2.24) is 15.1 Å². The highest BCUT2D eigenvalue weighted by molar-refractivity contribution is 5.20. The molecule has 1 aliphatic heterocycles. The Morgan fingerprint density at radius 2 is 2.13 bits per heavy atom. The van der Waals surface area contributed by atoms with Gasteiger partial charge in [-0.2, -0.15) is 5.10 Å². The molecular weight excluding hydrogens is 294 g/mol. The minimum atomic E-state index is -0.568. The van der Waals surface area contributed by atoms with E-state index in [1.165, 1.54) is 0 Å². The summed E-state index contributed by atoms with van der Waals surface area (Å²) in [4.78, 5) is 12.5. The maximum absolute atomic E-state index is 12.5. The van der Waals surface area contributed by atoms with Crippen LogP contribution in [0.1, 0.15) is 49.4 Å². The number of nitrogens with one attached hydrogen (secondary N) is 1. The molecule has 2 aliphatic carbocycles. The lowest BCUT2D eigenvalue weighted by molar-refractivity contribution is -0.0339. The molecule has 0 radical (unpaired) electrons. The number of ether oxygens (including phenoxy) is 1. The Kier molecular flexibility index (Phi) is 3.99. The third-order valence-electron chi connectivity index (χ3n) is 5.57. The molecule has 6 heteroatoms. The minimum Gasteiger partial charge on any atom is -0.389 e. The zero-order valence-electron chi connectivity index (χ0n) is 13.5. The molecule has 1 saturated carbocycles. The standard InChI is InChI=1S/C17H25N3O3/c21-16-8-12-4-1-2-5-13(12)19-20(16)15-10-23-9-14(15)18-11-17(22)6-3-7-17/h8,14-15,18,22H,1-7,9-11H2. The van der Waals surface area contributed by atoms with Crippen LogP contribution in [0.2, 0.25) is 0 Å². The number of nitrogens with zero attached hydrogens (tertiary/aromatic N) is 2. The maximum Gasteiger partial charge on any atom is 0.267 e. The van der Waals surface area contributed by atoms with E-state index >= 15 is 0 Å². The summed E-state index contributed by atoms with van der Waals surface area (Å²) in [5.41, 5.74) is 1.58. The number of aliphatic hydroxyl groups is 1. The van der Waals surface area contributed by atoms with Crippen LogP contribution in [0.3, 0.4) is 0 Å². The number of aryl methyl sites for hydroxylation is 2. The summed E-state index contributed by atoms with van der Waals surface area (Å²) in [6.07, 6.45) is 7.02. The topological polar surface area (TPSA) is 76.4 Å². The molecule has 0 spiro atoms. The molecular formula is C17H25N3O3. The molecule has 0 aromatic carbocycles. The lowest BCUT2D eigenvalue weighted by Crippen LogP contribution is -2.51. The fourth-order valence-corrected chi connectivity index (χ4v) is 3.88. The van der Waals surface area contributed by atoms with Gasteiger partial charge in [0.15, 0.2) is 0 Å². The van der Waals surface area contributed by atoms with Gasteiger partial charge in [-0.25, -0.2) is 4.68 Å². The van der Waals surface area contributed by atoms with Crippen molar-refractivity contribution in [3.8, 4) is 0 Å². The average molecular weight is 319 g/mol. The summed E-state index contributed by atoms with van der Waals surface area (Å²) in [5, 5.41) is 18.3. The molecule has 2 unspecified atom stereocenters. The summed E-state index contributed by atoms with van der Waals surface area (Å²) in [6.45, 7) is 1.63. The SMILES string of the molecule is O=c1cc2c(nn1C1COCC1NCC1(O)CCC1)CCCC2. The van der Waals surface area contributed by atoms with Crippen LogP contribution < -0.4 is 10.9 Å². The molecule has 1 aromatic heterocycles. The molecule has 2 atom stereocenters. The monoisotopic (exact) mass is 319 g/mol. The van der Waals surface area contributed by atoms with Crippen LogP contribution in [0.5, 0.6) is 0 Å². The van der Waals surface area contributed by atoms with Gasteiger partial charge in [-0.05, 0) is 50.5 Å². The molecule has 4 rings (SSSR count). The quantitative estimate of drug-likeness (QED) is 0.848. The Balaban J connectivity index is 1.52. The molecule has 2 fully saturated rings. The van der Waals surface area contributed by atoms with E-state index in [0.29, 0.717) is 19.8 Å². The van der Waals surface area contributed by atoms with Crippen molar-refractivity contribution in [2.45, 2.75) is 62.6 Å². The van der Waals surface area contributed by atoms with Crippen LogP contribution in [0, 0.1) is 0 Å². The van der Waals surface area contributed by atoms with E-state index in [-0.39, 0.29) is 17.6 Å². The second-order valence-electron chi connectivity index (χ2n) is 7.28. The summed E-state index contributed by atoms with van der Waals surface area (Å²) in [7, 11) is 0. The zero-order valence-corrected chi connectivity index (χ0v) is 13.5. The van der Waals surface area contributed by atoms with Gasteiger partial charge in [-0.1, -0.05) is 0 Å². The van der Waals surface area contributed by atoms with E-state index in [1.54, 1.807) is 10.7 Å². The third kappa shape index (κ3) is 2.95. The van der Waals surface area contributed by atoms with Crippen molar-refractivity contribution in [1.29, 1.82) is 0 Å². The summed E-state index contributed by atoms with van der Waals surface area (Å²) in [5.74, 6) is 0. The van der Waals surface area contributed by atoms with Gasteiger partial charge in [-0.3, -0.25) is 4.79 Å². The number of hydrogen-bond acceptors (Lipinski definition) is 5. The predicted octanol–water partition coefficient (Wildman–Crippen LogP) is 0.567. The second kappa shape index (κ2) is 6.00. The van der Waals surface area contributed by atoms with Gasteiger partial charge in [0.1, 0.15) is 0 Å². The molecule has 126 valence electrons. The van der Waals surface area contributed by atoms with E-state index in [4.69, 9.17) is 4.74 Å². The molecule has 2 N–H and O–H groups in total. The van der Waals surface area contributed by atoms with Gasteiger partial charge in [0.2, 0.25) is 0 Å². The highest BCUT2D eigenvalue weighted by Gasteiger charge is 2.37. The number of hydrogen-bond donors (Lipinski definition) is 2. The van der Waals surface area contributed by atoms with E-state index in [1.807, 2.05) is 0 Å². The summed E-state index contributed by atoms with van der Waals surface area (Å²) < 4.78 is 7.21. The highest BCUT2D eigenvalue weighted by atomic mass is 16.5. The number of fused-ring (bicyclic) bond motifs is 1. The second-order valence-corrected chi connectivity index (χ2v) is 7.28. The molecule has 3 aliphatic rings. The molecule has 2 heterocycles. The Hall–Kier alpha value is -1.24. The van der Waals surface area contributed by atoms with Crippen molar-refractivity contribution < 1.29 is 9.84 Å². The molecule has 1 saturated heterocycles. The lowest BCUT2D eigenvalue weighted by atomic mass is 9.80. The minimum absolute atomic E-state index is 0.0321. The van der Waals surface area contributed by atoms with E-state index in [9.17, 15) is 9.90 Å². The molecule has 0 bridgehead atoms. The summed E-state index contributed by atoms with van der Waals surface area (Å²) in [6, 6.07) is 1.71. The van der Waals surface area contributed by atoms with Crippen molar-refractivity contribution >= 4 is 0 Å². The van der Waals surface area contributed by atoms with E-state index in [0.717, 1.165) is 56.2 Å². The van der Waals surface area contributed by atoms with Gasteiger partial charge >= 0.3 is 0 Å². The fourth-order valence-electron chi connectivity index (χ4n) is 3.88. The number of aromatic nitrogens is 2. The average Bonchev–Trinajstić information content (AvgIpc) is 2.98. The first kappa shape index (κ1) is 15.3. The van der Waals surface area contributed by atoms with Gasteiger partial charge in [-0.15, -0.1) is 0 Å². The molecule has 6 nitrogen and oxygen atoms in total. The van der Waals surface area contributed by atoms with Gasteiger partial charge < -0.3 is 15.2 Å². The van der Waals surface area contributed by atoms with Crippen LogP contribution in [-0.2, 0) is 17.6 Å². The fraction of sp³-hybridized carbons (Fsp3) is 0.765. The molecule has 1 aromatic rings. The third-order valence-corrected chi connectivity index (χ3v) is 5.57. The zero-order chi connectivity index (χ0) is 15.9. The predicted molar refractivity (Wildman–Crippen MR) is 85.6 cm³/mol. The number of rotatable bonds is 4. The first-order chi connectivity index (χ1) is 11.1. The Labute approximate surface area is 135 Å². The smallest absolute Gasteiger partial charge is 0.267 e. The van der Waals surface area contributed by atoms with E-state index in [2.05, 4.69) is 10.4 Å². The Morgan fingerprint density at radius 3 is 2.91 bits per heavy atom. The van der Waals surface area contributed by atoms with E-state index < -0.39 is 5.60 Å². The van der Waals surface area contributed by atoms with Crippen LogP contribution in [-0.4, -0.2) is 46.3 Å². The van der Waals surface area contributed by atoms with Gasteiger partial charge in [0, 0.05) is 12.6 Å². The highest BCUT2D eigenvalue weighted by Crippen LogP contribution is 2.31. The molecule has 23 heavy (non-hydrogen) atoms. The van der Waals surface area contributed by atoms with Gasteiger partial charge in [0.25, 0.3) is 5.56 Å². The normalized spacial score (nSPS) is 29.1. The first-order valence-corrected chi connectivity index (χ1v) is 8.80. The lowest BCUT2D eigenvalue weighted by Gasteiger charge is -2.38. The van der Waals surface area contributed by atoms with Crippen molar-refractivity contribution in [3.05, 3.63) is 27.7 Å². The van der Waals surface area contributed by atoms with Crippen molar-refractivity contribution in [3.63, 3.8) is 0 Å². The molecule has 0 amide bonds. The largest absolute Gasteiger partial charge is 0.389 e. The Bertz CT molecular complexity index is 638. The van der Waals surface area contributed by atoms with Crippen molar-refractivity contribution in [2.24, 2.45) is 0 Å².